The predicted molar refractivity (Wildman–Crippen MR) is 64.2 cm³/mol. The number of benzene rings is 1. The van der Waals surface area contributed by atoms with Crippen LogP contribution in [0.15, 0.2) is 18.2 Å². The summed E-state index contributed by atoms with van der Waals surface area (Å²) in [5, 5.41) is 0.154. The first-order valence-electron chi connectivity index (χ1n) is 5.36. The minimum absolute atomic E-state index is 0.0654. The van der Waals surface area contributed by atoms with Gasteiger partial charge in [-0.1, -0.05) is 23.7 Å². The Labute approximate surface area is 101 Å². The summed E-state index contributed by atoms with van der Waals surface area (Å²) in [6.07, 6.45) is 0.446. The number of rotatable bonds is 5. The summed E-state index contributed by atoms with van der Waals surface area (Å²) >= 11 is 5.85. The average Bonchev–Trinajstić information content (AvgIpc) is 2.25. The fourth-order valence-electron chi connectivity index (χ4n) is 1.51. The van der Waals surface area contributed by atoms with E-state index < -0.39 is 5.82 Å². The van der Waals surface area contributed by atoms with Crippen LogP contribution >= 0.6 is 11.6 Å². The lowest BCUT2D eigenvalue weighted by molar-refractivity contribution is 0.0577. The molecule has 0 bridgehead atoms. The van der Waals surface area contributed by atoms with E-state index in [0.717, 1.165) is 5.56 Å². The van der Waals surface area contributed by atoms with Gasteiger partial charge in [-0.2, -0.15) is 0 Å². The van der Waals surface area contributed by atoms with Crippen LogP contribution in [0, 0.1) is 5.82 Å². The molecule has 0 saturated carbocycles. The molecule has 2 unspecified atom stereocenters. The van der Waals surface area contributed by atoms with Crippen molar-refractivity contribution in [3.63, 3.8) is 0 Å². The van der Waals surface area contributed by atoms with Crippen molar-refractivity contribution in [3.05, 3.63) is 34.6 Å². The molecule has 2 N–H and O–H groups in total. The maximum absolute atomic E-state index is 13.2. The summed E-state index contributed by atoms with van der Waals surface area (Å²) in [5.41, 5.74) is 6.67. The van der Waals surface area contributed by atoms with Gasteiger partial charge < -0.3 is 10.5 Å². The fraction of sp³-hybridized carbons (Fsp3) is 0.500. The highest BCUT2D eigenvalue weighted by molar-refractivity contribution is 6.31. The van der Waals surface area contributed by atoms with Crippen molar-refractivity contribution in [3.8, 4) is 0 Å². The van der Waals surface area contributed by atoms with Gasteiger partial charge in [0.1, 0.15) is 5.82 Å². The molecule has 90 valence electrons. The maximum Gasteiger partial charge on any atom is 0.142 e. The molecule has 0 saturated heterocycles. The van der Waals surface area contributed by atoms with Crippen LogP contribution in [-0.4, -0.2) is 18.8 Å². The normalized spacial score (nSPS) is 14.8. The minimum atomic E-state index is -0.407. The molecule has 1 rings (SSSR count). The second-order valence-electron chi connectivity index (χ2n) is 3.74. The fourth-order valence-corrected chi connectivity index (χ4v) is 1.72. The van der Waals surface area contributed by atoms with Crippen LogP contribution in [0.4, 0.5) is 4.39 Å². The van der Waals surface area contributed by atoms with Gasteiger partial charge in [0.15, 0.2) is 0 Å². The second-order valence-corrected chi connectivity index (χ2v) is 4.12. The zero-order chi connectivity index (χ0) is 12.1. The molecular weight excluding hydrogens is 229 g/mol. The van der Waals surface area contributed by atoms with Crippen molar-refractivity contribution in [1.82, 2.24) is 0 Å². The van der Waals surface area contributed by atoms with Crippen molar-refractivity contribution >= 4 is 11.6 Å². The van der Waals surface area contributed by atoms with Crippen LogP contribution in [0.25, 0.3) is 0 Å². The smallest absolute Gasteiger partial charge is 0.142 e. The lowest BCUT2D eigenvalue weighted by Crippen LogP contribution is -2.36. The van der Waals surface area contributed by atoms with Crippen LogP contribution in [0.3, 0.4) is 0 Å². The Hall–Kier alpha value is -0.640. The van der Waals surface area contributed by atoms with Gasteiger partial charge >= 0.3 is 0 Å². The topological polar surface area (TPSA) is 35.2 Å². The maximum atomic E-state index is 13.2. The first-order chi connectivity index (χ1) is 7.56. The molecule has 2 nitrogen and oxygen atoms in total. The van der Waals surface area contributed by atoms with Crippen molar-refractivity contribution in [2.24, 2.45) is 5.73 Å². The summed E-state index contributed by atoms with van der Waals surface area (Å²) in [5.74, 6) is -0.407. The Morgan fingerprint density at radius 3 is 2.81 bits per heavy atom. The highest BCUT2D eigenvalue weighted by Gasteiger charge is 2.15. The first-order valence-corrected chi connectivity index (χ1v) is 5.74. The van der Waals surface area contributed by atoms with E-state index in [9.17, 15) is 4.39 Å². The highest BCUT2D eigenvalue weighted by atomic mass is 35.5. The molecule has 0 amide bonds. The molecule has 2 atom stereocenters. The molecular formula is C12H17ClFNO. The molecule has 0 radical (unpaired) electrons. The standard InChI is InChI=1S/C12H17ClFNO/c1-3-16-8(2)11(15)7-9-5-4-6-10(14)12(9)13/h4-6,8,11H,3,7,15H2,1-2H3. The Morgan fingerprint density at radius 2 is 2.19 bits per heavy atom. The highest BCUT2D eigenvalue weighted by Crippen LogP contribution is 2.21. The molecule has 1 aromatic rings. The zero-order valence-electron chi connectivity index (χ0n) is 9.54. The van der Waals surface area contributed by atoms with Gasteiger partial charge in [0.2, 0.25) is 0 Å². The molecule has 0 spiro atoms. The third kappa shape index (κ3) is 3.44. The summed E-state index contributed by atoms with van der Waals surface area (Å²) in [6, 6.07) is 4.57. The summed E-state index contributed by atoms with van der Waals surface area (Å²) < 4.78 is 18.6. The van der Waals surface area contributed by atoms with E-state index in [1.54, 1.807) is 12.1 Å². The van der Waals surface area contributed by atoms with Crippen molar-refractivity contribution in [2.45, 2.75) is 32.4 Å². The number of hydrogen-bond donors (Lipinski definition) is 1. The monoisotopic (exact) mass is 245 g/mol. The largest absolute Gasteiger partial charge is 0.377 e. The lowest BCUT2D eigenvalue weighted by atomic mass is 10.0. The van der Waals surface area contributed by atoms with E-state index in [1.807, 2.05) is 13.8 Å². The molecule has 0 heterocycles. The van der Waals surface area contributed by atoms with Crippen LogP contribution < -0.4 is 5.73 Å². The average molecular weight is 246 g/mol. The first kappa shape index (κ1) is 13.4. The van der Waals surface area contributed by atoms with Crippen molar-refractivity contribution in [2.75, 3.05) is 6.61 Å². The molecule has 0 aliphatic rings. The number of halogens is 2. The second kappa shape index (κ2) is 6.18. The molecule has 4 heteroatoms. The third-order valence-electron chi connectivity index (χ3n) is 2.52. The van der Waals surface area contributed by atoms with E-state index in [-0.39, 0.29) is 17.2 Å². The van der Waals surface area contributed by atoms with Crippen LogP contribution in [0.5, 0.6) is 0 Å². The number of ether oxygens (including phenoxy) is 1. The van der Waals surface area contributed by atoms with E-state index in [0.29, 0.717) is 13.0 Å². The van der Waals surface area contributed by atoms with E-state index in [4.69, 9.17) is 22.1 Å². The van der Waals surface area contributed by atoms with Gasteiger partial charge in [-0.15, -0.1) is 0 Å². The molecule has 0 aliphatic heterocycles. The lowest BCUT2D eigenvalue weighted by Gasteiger charge is -2.20. The predicted octanol–water partition coefficient (Wildman–Crippen LogP) is 2.77. The van der Waals surface area contributed by atoms with Crippen molar-refractivity contribution < 1.29 is 9.13 Å². The van der Waals surface area contributed by atoms with Gasteiger partial charge in [-0.25, -0.2) is 4.39 Å². The molecule has 0 aromatic heterocycles. The van der Waals surface area contributed by atoms with E-state index in [2.05, 4.69) is 0 Å². The summed E-state index contributed by atoms with van der Waals surface area (Å²) in [4.78, 5) is 0. The van der Waals surface area contributed by atoms with Gasteiger partial charge in [0.05, 0.1) is 11.1 Å². The Kier molecular flexibility index (Phi) is 5.19. The molecule has 0 aliphatic carbocycles. The quantitative estimate of drug-likeness (QED) is 0.866. The van der Waals surface area contributed by atoms with E-state index in [1.165, 1.54) is 6.07 Å². The van der Waals surface area contributed by atoms with Crippen LogP contribution in [-0.2, 0) is 11.2 Å². The number of hydrogen-bond acceptors (Lipinski definition) is 2. The molecule has 16 heavy (non-hydrogen) atoms. The summed E-state index contributed by atoms with van der Waals surface area (Å²) in [7, 11) is 0. The van der Waals surface area contributed by atoms with Crippen molar-refractivity contribution in [1.29, 1.82) is 0 Å². The zero-order valence-corrected chi connectivity index (χ0v) is 10.3. The Morgan fingerprint density at radius 1 is 1.50 bits per heavy atom. The SMILES string of the molecule is CCOC(C)C(N)Cc1cccc(F)c1Cl. The van der Waals surface area contributed by atoms with Gasteiger partial charge in [0.25, 0.3) is 0 Å². The Balaban J connectivity index is 2.69. The van der Waals surface area contributed by atoms with Gasteiger partial charge in [0, 0.05) is 12.6 Å². The molecule has 0 fully saturated rings. The minimum Gasteiger partial charge on any atom is -0.377 e. The van der Waals surface area contributed by atoms with Gasteiger partial charge in [-0.05, 0) is 31.9 Å². The van der Waals surface area contributed by atoms with E-state index >= 15 is 0 Å². The third-order valence-corrected chi connectivity index (χ3v) is 2.94. The summed E-state index contributed by atoms with van der Waals surface area (Å²) in [6.45, 7) is 4.44. The molecule has 1 aromatic carbocycles. The van der Waals surface area contributed by atoms with Gasteiger partial charge in [-0.3, -0.25) is 0 Å². The number of nitrogens with two attached hydrogens (primary N) is 1. The van der Waals surface area contributed by atoms with Crippen LogP contribution in [0.2, 0.25) is 5.02 Å². The van der Waals surface area contributed by atoms with Crippen LogP contribution in [0.1, 0.15) is 19.4 Å². The Bertz CT molecular complexity index is 346.